The Kier molecular flexibility index (Phi) is 4.30. The number of primary amides is 1. The maximum absolute atomic E-state index is 12.9. The van der Waals surface area contributed by atoms with Gasteiger partial charge in [0.1, 0.15) is 18.2 Å². The van der Waals surface area contributed by atoms with Gasteiger partial charge in [0, 0.05) is 11.8 Å². The Bertz CT molecular complexity index is 925. The first-order chi connectivity index (χ1) is 13.3. The molecule has 7 nitrogen and oxygen atoms in total. The molecule has 2 aromatic rings. The Hall–Kier alpha value is -3.00. The molecule has 8 heteroatoms. The molecular formula is C20H20FN3O4. The number of nitrogens with one attached hydrogen (secondary N) is 1. The summed E-state index contributed by atoms with van der Waals surface area (Å²) >= 11 is 0. The fourth-order valence-corrected chi connectivity index (χ4v) is 3.90. The Morgan fingerprint density at radius 3 is 2.61 bits per heavy atom. The summed E-state index contributed by atoms with van der Waals surface area (Å²) in [6.45, 7) is 1.75. The zero-order valence-electron chi connectivity index (χ0n) is 15.3. The highest BCUT2D eigenvalue weighted by Gasteiger charge is 2.72. The molecule has 3 saturated carbocycles. The summed E-state index contributed by atoms with van der Waals surface area (Å²) in [5.41, 5.74) is 6.00. The van der Waals surface area contributed by atoms with E-state index in [9.17, 15) is 14.0 Å². The van der Waals surface area contributed by atoms with Crippen molar-refractivity contribution in [2.24, 2.45) is 11.1 Å². The average molecular weight is 385 g/mol. The van der Waals surface area contributed by atoms with Gasteiger partial charge in [0.15, 0.2) is 0 Å². The Balaban J connectivity index is 1.29. The normalized spacial score (nSPS) is 24.6. The molecule has 3 aliphatic rings. The topological polar surface area (TPSA) is 104 Å². The molecule has 0 radical (unpaired) electrons. The van der Waals surface area contributed by atoms with Crippen molar-refractivity contribution in [1.82, 2.24) is 4.98 Å². The van der Waals surface area contributed by atoms with Gasteiger partial charge in [-0.3, -0.25) is 9.59 Å². The molecule has 1 heterocycles. The first-order valence-electron chi connectivity index (χ1n) is 8.93. The van der Waals surface area contributed by atoms with Gasteiger partial charge in [-0.15, -0.1) is 0 Å². The van der Waals surface area contributed by atoms with Gasteiger partial charge < -0.3 is 20.5 Å². The van der Waals surface area contributed by atoms with Crippen LogP contribution in [0.1, 0.15) is 24.8 Å². The molecule has 3 fully saturated rings. The van der Waals surface area contributed by atoms with Crippen LogP contribution in [0.25, 0.3) is 0 Å². The van der Waals surface area contributed by atoms with E-state index in [1.54, 1.807) is 18.2 Å². The molecule has 28 heavy (non-hydrogen) atoms. The number of halogens is 1. The summed E-state index contributed by atoms with van der Waals surface area (Å²) in [5.74, 6) is -0.156. The van der Waals surface area contributed by atoms with Crippen LogP contribution in [0.15, 0.2) is 36.5 Å². The van der Waals surface area contributed by atoms with Gasteiger partial charge in [-0.25, -0.2) is 9.37 Å². The Morgan fingerprint density at radius 1 is 1.25 bits per heavy atom. The molecule has 2 bridgehead atoms. The lowest BCUT2D eigenvalue weighted by molar-refractivity contribution is -0.269. The van der Waals surface area contributed by atoms with E-state index in [4.69, 9.17) is 15.2 Å². The molecule has 0 atom stereocenters. The molecule has 0 saturated heterocycles. The van der Waals surface area contributed by atoms with Gasteiger partial charge >= 0.3 is 0 Å². The lowest BCUT2D eigenvalue weighted by atomic mass is 9.41. The molecular weight excluding hydrogens is 365 g/mol. The van der Waals surface area contributed by atoms with Crippen molar-refractivity contribution in [1.29, 1.82) is 0 Å². The molecule has 3 aliphatic carbocycles. The maximum atomic E-state index is 12.9. The second-order valence-electron chi connectivity index (χ2n) is 7.59. The van der Waals surface area contributed by atoms with E-state index in [2.05, 4.69) is 10.3 Å². The highest BCUT2D eigenvalue weighted by atomic mass is 19.1. The van der Waals surface area contributed by atoms with Crippen molar-refractivity contribution in [3.63, 3.8) is 0 Å². The summed E-state index contributed by atoms with van der Waals surface area (Å²) in [4.78, 5) is 27.3. The summed E-state index contributed by atoms with van der Waals surface area (Å²) in [6.07, 6.45) is 2.89. The summed E-state index contributed by atoms with van der Waals surface area (Å²) in [7, 11) is 0. The molecule has 5 rings (SSSR count). The average Bonchev–Trinajstić information content (AvgIpc) is 2.56. The van der Waals surface area contributed by atoms with Gasteiger partial charge in [-0.2, -0.15) is 0 Å². The molecule has 0 unspecified atom stereocenters. The van der Waals surface area contributed by atoms with Crippen molar-refractivity contribution in [3.05, 3.63) is 47.9 Å². The lowest BCUT2D eigenvalue weighted by Crippen LogP contribution is -2.72. The first-order valence-corrected chi connectivity index (χ1v) is 8.93. The SMILES string of the molecule is Cc1cc(NC(=O)COC23CC(C(N)=O)(C2)C3)ccc1Oc1ccc(F)cn1. The third-order valence-corrected chi connectivity index (χ3v) is 5.39. The van der Waals surface area contributed by atoms with Gasteiger partial charge in [-0.05, 0) is 56.0 Å². The maximum Gasteiger partial charge on any atom is 0.250 e. The van der Waals surface area contributed by atoms with E-state index in [0.29, 0.717) is 30.7 Å². The zero-order chi connectivity index (χ0) is 19.9. The smallest absolute Gasteiger partial charge is 0.250 e. The van der Waals surface area contributed by atoms with Gasteiger partial charge in [0.25, 0.3) is 0 Å². The third kappa shape index (κ3) is 3.31. The fraction of sp³-hybridized carbons (Fsp3) is 0.350. The molecule has 0 spiro atoms. The highest BCUT2D eigenvalue weighted by Crippen LogP contribution is 2.68. The van der Waals surface area contributed by atoms with Gasteiger partial charge in [-0.1, -0.05) is 0 Å². The summed E-state index contributed by atoms with van der Waals surface area (Å²) < 4.78 is 24.2. The Labute approximate surface area is 161 Å². The number of aryl methyl sites for hydroxylation is 1. The number of rotatable bonds is 7. The van der Waals surface area contributed by atoms with Crippen molar-refractivity contribution in [2.45, 2.75) is 31.8 Å². The molecule has 1 aromatic carbocycles. The van der Waals surface area contributed by atoms with Crippen molar-refractivity contribution in [2.75, 3.05) is 11.9 Å². The number of hydrogen-bond acceptors (Lipinski definition) is 5. The van der Waals surface area contributed by atoms with Crippen molar-refractivity contribution in [3.8, 4) is 11.6 Å². The van der Waals surface area contributed by atoms with E-state index < -0.39 is 11.2 Å². The number of nitrogens with zero attached hydrogens (tertiary/aromatic N) is 1. The number of benzene rings is 1. The van der Waals surface area contributed by atoms with E-state index in [1.165, 1.54) is 12.1 Å². The number of hydrogen-bond donors (Lipinski definition) is 2. The largest absolute Gasteiger partial charge is 0.439 e. The Morgan fingerprint density at radius 2 is 2.00 bits per heavy atom. The molecule has 2 amide bonds. The van der Waals surface area contributed by atoms with Gasteiger partial charge in [0.2, 0.25) is 17.7 Å². The van der Waals surface area contributed by atoms with Crippen LogP contribution in [0.2, 0.25) is 0 Å². The first kappa shape index (κ1) is 18.4. The van der Waals surface area contributed by atoms with Crippen LogP contribution in [-0.2, 0) is 14.3 Å². The second-order valence-corrected chi connectivity index (χ2v) is 7.59. The fourth-order valence-electron chi connectivity index (χ4n) is 3.90. The minimum atomic E-state index is -0.437. The monoisotopic (exact) mass is 385 g/mol. The second kappa shape index (κ2) is 6.56. The predicted octanol–water partition coefficient (Wildman–Crippen LogP) is 2.68. The number of ether oxygens (including phenoxy) is 2. The highest BCUT2D eigenvalue weighted by molar-refractivity contribution is 5.92. The number of anilines is 1. The number of carbonyl (C=O) groups is 2. The van der Waals surface area contributed by atoms with Crippen LogP contribution in [0.5, 0.6) is 11.6 Å². The standard InChI is InChI=1S/C20H20FN3O4/c1-12-6-14(3-4-15(12)28-17-5-2-13(21)7-23-17)24-16(25)8-27-20-9-19(10-20,11-20)18(22)26/h2-7H,8-11H2,1H3,(H2,22,26)(H,24,25). The van der Waals surface area contributed by atoms with Crippen LogP contribution in [-0.4, -0.2) is 29.0 Å². The third-order valence-electron chi connectivity index (χ3n) is 5.39. The van der Waals surface area contributed by atoms with Crippen molar-refractivity contribution < 1.29 is 23.5 Å². The van der Waals surface area contributed by atoms with E-state index >= 15 is 0 Å². The van der Waals surface area contributed by atoms with Crippen LogP contribution in [0, 0.1) is 18.2 Å². The predicted molar refractivity (Wildman–Crippen MR) is 98.2 cm³/mol. The zero-order valence-corrected chi connectivity index (χ0v) is 15.3. The molecule has 0 aliphatic heterocycles. The van der Waals surface area contributed by atoms with Gasteiger partial charge in [0.05, 0.1) is 17.2 Å². The lowest BCUT2D eigenvalue weighted by Gasteiger charge is -2.67. The van der Waals surface area contributed by atoms with Crippen molar-refractivity contribution >= 4 is 17.5 Å². The van der Waals surface area contributed by atoms with Crippen LogP contribution in [0.4, 0.5) is 10.1 Å². The molecule has 1 aromatic heterocycles. The van der Waals surface area contributed by atoms with E-state index in [-0.39, 0.29) is 29.9 Å². The van der Waals surface area contributed by atoms with E-state index in [0.717, 1.165) is 11.8 Å². The minimum Gasteiger partial charge on any atom is -0.439 e. The number of carbonyl (C=O) groups excluding carboxylic acids is 2. The number of aromatic nitrogens is 1. The molecule has 3 N–H and O–H groups in total. The van der Waals surface area contributed by atoms with Crippen LogP contribution < -0.4 is 15.8 Å². The van der Waals surface area contributed by atoms with E-state index in [1.807, 2.05) is 6.92 Å². The minimum absolute atomic E-state index is 0.0777. The quantitative estimate of drug-likeness (QED) is 0.763. The molecule has 146 valence electrons. The van der Waals surface area contributed by atoms with Crippen LogP contribution >= 0.6 is 0 Å². The summed E-state index contributed by atoms with van der Waals surface area (Å²) in [6, 6.07) is 7.87. The number of pyridine rings is 1. The van der Waals surface area contributed by atoms with Crippen LogP contribution in [0.3, 0.4) is 0 Å². The number of amides is 2. The number of nitrogens with two attached hydrogens (primary N) is 1. The summed E-state index contributed by atoms with van der Waals surface area (Å²) in [5, 5.41) is 2.78.